The first-order valence-electron chi connectivity index (χ1n) is 5.28. The molecule has 90 valence electrons. The molecule has 15 heavy (non-hydrogen) atoms. The van der Waals surface area contributed by atoms with E-state index in [4.69, 9.17) is 11.6 Å². The third-order valence-electron chi connectivity index (χ3n) is 1.82. The summed E-state index contributed by atoms with van der Waals surface area (Å²) in [6.45, 7) is 9.71. The van der Waals surface area contributed by atoms with Crippen molar-refractivity contribution in [2.45, 2.75) is 0 Å². The number of nitrogens with one attached hydrogen (secondary N) is 4. The standard InChI is InChI=1S/C9H24N6/c1-9(15-11)8-14-7-6-13-5-4-12-3-2-10/h12-15H,1-8,10-11H2. The summed E-state index contributed by atoms with van der Waals surface area (Å²) in [5.74, 6) is 5.16. The molecule has 0 radical (unpaired) electrons. The molecular formula is C9H24N6. The van der Waals surface area contributed by atoms with Crippen LogP contribution in [0, 0.1) is 0 Å². The van der Waals surface area contributed by atoms with Crippen molar-refractivity contribution < 1.29 is 0 Å². The van der Waals surface area contributed by atoms with Gasteiger partial charge in [0.1, 0.15) is 0 Å². The number of rotatable bonds is 11. The third-order valence-corrected chi connectivity index (χ3v) is 1.82. The molecule has 0 spiro atoms. The van der Waals surface area contributed by atoms with E-state index in [9.17, 15) is 0 Å². The molecule has 0 aliphatic heterocycles. The van der Waals surface area contributed by atoms with Gasteiger partial charge in [-0.1, -0.05) is 6.58 Å². The number of hydrogen-bond donors (Lipinski definition) is 6. The molecule has 0 saturated heterocycles. The highest BCUT2D eigenvalue weighted by atomic mass is 15.2. The van der Waals surface area contributed by atoms with Gasteiger partial charge in [-0.2, -0.15) is 0 Å². The summed E-state index contributed by atoms with van der Waals surface area (Å²) in [4.78, 5) is 0. The Kier molecular flexibility index (Phi) is 10.9. The molecule has 0 amide bonds. The van der Waals surface area contributed by atoms with Crippen molar-refractivity contribution in [3.8, 4) is 0 Å². The largest absolute Gasteiger partial charge is 0.329 e. The lowest BCUT2D eigenvalue weighted by atomic mass is 10.4. The van der Waals surface area contributed by atoms with Crippen molar-refractivity contribution in [1.29, 1.82) is 0 Å². The minimum absolute atomic E-state index is 0.690. The van der Waals surface area contributed by atoms with E-state index < -0.39 is 0 Å². The first-order valence-corrected chi connectivity index (χ1v) is 5.28. The second-order valence-corrected chi connectivity index (χ2v) is 3.21. The van der Waals surface area contributed by atoms with Crippen molar-refractivity contribution in [3.05, 3.63) is 12.3 Å². The SMILES string of the molecule is C=C(CNCCNCCNCCN)NN. The average molecular weight is 216 g/mol. The van der Waals surface area contributed by atoms with Crippen LogP contribution in [0.4, 0.5) is 0 Å². The molecule has 0 bridgehead atoms. The summed E-state index contributed by atoms with van der Waals surface area (Å²) in [7, 11) is 0. The smallest absolute Gasteiger partial charge is 0.0362 e. The van der Waals surface area contributed by atoms with Gasteiger partial charge in [0.05, 0.1) is 0 Å². The highest BCUT2D eigenvalue weighted by Gasteiger charge is 1.90. The summed E-state index contributed by atoms with van der Waals surface area (Å²) in [5.41, 5.74) is 8.62. The number of hydrazine groups is 1. The van der Waals surface area contributed by atoms with Crippen LogP contribution < -0.4 is 33.0 Å². The van der Waals surface area contributed by atoms with Gasteiger partial charge in [0, 0.05) is 51.5 Å². The lowest BCUT2D eigenvalue weighted by molar-refractivity contribution is 0.588. The topological polar surface area (TPSA) is 100 Å². The van der Waals surface area contributed by atoms with Crippen molar-refractivity contribution in [1.82, 2.24) is 21.4 Å². The van der Waals surface area contributed by atoms with E-state index in [1.54, 1.807) is 0 Å². The van der Waals surface area contributed by atoms with Crippen LogP contribution in [-0.2, 0) is 0 Å². The van der Waals surface area contributed by atoms with Crippen LogP contribution in [0.5, 0.6) is 0 Å². The zero-order valence-electron chi connectivity index (χ0n) is 9.31. The molecule has 0 heterocycles. The Morgan fingerprint density at radius 3 is 2.00 bits per heavy atom. The van der Waals surface area contributed by atoms with E-state index in [2.05, 4.69) is 28.0 Å². The van der Waals surface area contributed by atoms with Gasteiger partial charge in [0.15, 0.2) is 0 Å². The van der Waals surface area contributed by atoms with Crippen LogP contribution in [0.25, 0.3) is 0 Å². The van der Waals surface area contributed by atoms with E-state index in [-0.39, 0.29) is 0 Å². The lowest BCUT2D eigenvalue weighted by Gasteiger charge is -2.08. The van der Waals surface area contributed by atoms with E-state index in [1.807, 2.05) is 0 Å². The van der Waals surface area contributed by atoms with E-state index in [0.29, 0.717) is 13.1 Å². The predicted molar refractivity (Wildman–Crippen MR) is 64.1 cm³/mol. The van der Waals surface area contributed by atoms with Crippen molar-refractivity contribution in [3.63, 3.8) is 0 Å². The van der Waals surface area contributed by atoms with Crippen molar-refractivity contribution in [2.24, 2.45) is 11.6 Å². The number of hydrogen-bond acceptors (Lipinski definition) is 6. The Morgan fingerprint density at radius 2 is 1.47 bits per heavy atom. The molecule has 0 aromatic rings. The van der Waals surface area contributed by atoms with Gasteiger partial charge in [-0.3, -0.25) is 5.84 Å². The molecule has 0 fully saturated rings. The fourth-order valence-corrected chi connectivity index (χ4v) is 0.996. The normalized spacial score (nSPS) is 10.3. The molecule has 0 unspecified atom stereocenters. The van der Waals surface area contributed by atoms with Crippen LogP contribution in [0.15, 0.2) is 12.3 Å². The van der Waals surface area contributed by atoms with Crippen LogP contribution in [0.2, 0.25) is 0 Å². The molecule has 0 aromatic carbocycles. The molecule has 0 aliphatic rings. The third kappa shape index (κ3) is 11.3. The summed E-state index contributed by atoms with van der Waals surface area (Å²) >= 11 is 0. The monoisotopic (exact) mass is 216 g/mol. The average Bonchev–Trinajstić information content (AvgIpc) is 2.26. The Morgan fingerprint density at radius 1 is 0.933 bits per heavy atom. The maximum absolute atomic E-state index is 5.33. The summed E-state index contributed by atoms with van der Waals surface area (Å²) in [6.07, 6.45) is 0. The highest BCUT2D eigenvalue weighted by Crippen LogP contribution is 1.73. The van der Waals surface area contributed by atoms with Crippen LogP contribution in [-0.4, -0.2) is 45.8 Å². The van der Waals surface area contributed by atoms with Crippen LogP contribution in [0.3, 0.4) is 0 Å². The highest BCUT2D eigenvalue weighted by molar-refractivity contribution is 4.90. The minimum atomic E-state index is 0.690. The second kappa shape index (κ2) is 11.4. The molecule has 8 N–H and O–H groups in total. The first-order chi connectivity index (χ1) is 7.31. The van der Waals surface area contributed by atoms with Gasteiger partial charge in [-0.25, -0.2) is 0 Å². The molecular weight excluding hydrogens is 192 g/mol. The van der Waals surface area contributed by atoms with Gasteiger partial charge in [0.2, 0.25) is 0 Å². The molecule has 6 heteroatoms. The molecule has 0 aliphatic carbocycles. The van der Waals surface area contributed by atoms with E-state index in [0.717, 1.165) is 38.4 Å². The fraction of sp³-hybridized carbons (Fsp3) is 0.778. The van der Waals surface area contributed by atoms with Gasteiger partial charge < -0.3 is 27.1 Å². The van der Waals surface area contributed by atoms with E-state index in [1.165, 1.54) is 0 Å². The summed E-state index contributed by atoms with van der Waals surface area (Å²) < 4.78 is 0. The molecule has 0 saturated carbocycles. The Hall–Kier alpha value is -0.660. The van der Waals surface area contributed by atoms with Crippen LogP contribution >= 0.6 is 0 Å². The second-order valence-electron chi connectivity index (χ2n) is 3.21. The lowest BCUT2D eigenvalue weighted by Crippen LogP contribution is -2.36. The fourth-order valence-electron chi connectivity index (χ4n) is 0.996. The molecule has 6 nitrogen and oxygen atoms in total. The number of nitrogens with two attached hydrogens (primary N) is 2. The summed E-state index contributed by atoms with van der Waals surface area (Å²) in [5, 5.41) is 9.69. The zero-order valence-corrected chi connectivity index (χ0v) is 9.31. The van der Waals surface area contributed by atoms with Crippen LogP contribution in [0.1, 0.15) is 0 Å². The van der Waals surface area contributed by atoms with Gasteiger partial charge in [0.25, 0.3) is 0 Å². The Bertz CT molecular complexity index is 150. The van der Waals surface area contributed by atoms with Gasteiger partial charge >= 0.3 is 0 Å². The van der Waals surface area contributed by atoms with Gasteiger partial charge in [-0.15, -0.1) is 0 Å². The summed E-state index contributed by atoms with van der Waals surface area (Å²) in [6, 6.07) is 0. The first kappa shape index (κ1) is 14.3. The zero-order chi connectivity index (χ0) is 11.4. The molecule has 0 rings (SSSR count). The quantitative estimate of drug-likeness (QED) is 0.132. The maximum Gasteiger partial charge on any atom is 0.0362 e. The molecule has 0 atom stereocenters. The maximum atomic E-state index is 5.33. The van der Waals surface area contributed by atoms with Crippen molar-refractivity contribution >= 4 is 0 Å². The predicted octanol–water partition coefficient (Wildman–Crippen LogP) is -2.31. The van der Waals surface area contributed by atoms with E-state index >= 15 is 0 Å². The van der Waals surface area contributed by atoms with Gasteiger partial charge in [-0.05, 0) is 0 Å². The minimum Gasteiger partial charge on any atom is -0.329 e. The molecule has 0 aromatic heterocycles. The van der Waals surface area contributed by atoms with Crippen molar-refractivity contribution in [2.75, 3.05) is 45.8 Å². The Balaban J connectivity index is 2.95. The Labute approximate surface area is 91.8 Å².